The van der Waals surface area contributed by atoms with Crippen molar-refractivity contribution < 1.29 is 14.2 Å². The van der Waals surface area contributed by atoms with Crippen molar-refractivity contribution in [3.8, 4) is 17.2 Å². The summed E-state index contributed by atoms with van der Waals surface area (Å²) in [6.07, 6.45) is 0.890. The standard InChI is InChI=1S/C24H25Cl2NO3/c1-28-22-9-4-3-6-18(22)12-13-27-15-17-10-11-23(24(14-17)29-2)30-16-19-20(25)7-5-8-21(19)26/h3-11,14,27H,12-13,15-16H2,1-2H3. The van der Waals surface area contributed by atoms with Crippen LogP contribution in [0.1, 0.15) is 16.7 Å². The summed E-state index contributed by atoms with van der Waals surface area (Å²) in [5, 5.41) is 4.62. The van der Waals surface area contributed by atoms with Crippen molar-refractivity contribution in [2.75, 3.05) is 20.8 Å². The molecule has 1 N–H and O–H groups in total. The van der Waals surface area contributed by atoms with Crippen molar-refractivity contribution >= 4 is 23.2 Å². The van der Waals surface area contributed by atoms with Gasteiger partial charge in [0.15, 0.2) is 11.5 Å². The van der Waals surface area contributed by atoms with Gasteiger partial charge < -0.3 is 19.5 Å². The Balaban J connectivity index is 1.56. The zero-order valence-electron chi connectivity index (χ0n) is 17.1. The van der Waals surface area contributed by atoms with Gasteiger partial charge in [-0.3, -0.25) is 0 Å². The highest BCUT2D eigenvalue weighted by Gasteiger charge is 2.10. The minimum Gasteiger partial charge on any atom is -0.496 e. The minimum atomic E-state index is 0.269. The number of ether oxygens (including phenoxy) is 3. The molecule has 3 aromatic carbocycles. The Hall–Kier alpha value is -2.40. The Morgan fingerprint density at radius 3 is 2.27 bits per heavy atom. The van der Waals surface area contributed by atoms with Crippen molar-refractivity contribution in [1.29, 1.82) is 0 Å². The van der Waals surface area contributed by atoms with Crippen LogP contribution < -0.4 is 19.5 Å². The molecule has 0 spiro atoms. The summed E-state index contributed by atoms with van der Waals surface area (Å²) >= 11 is 12.4. The molecule has 4 nitrogen and oxygen atoms in total. The predicted molar refractivity (Wildman–Crippen MR) is 122 cm³/mol. The number of halogens is 2. The van der Waals surface area contributed by atoms with Crippen LogP contribution in [0.5, 0.6) is 17.2 Å². The first kappa shape index (κ1) is 22.3. The zero-order valence-corrected chi connectivity index (χ0v) is 18.6. The van der Waals surface area contributed by atoms with Gasteiger partial charge in [0.05, 0.1) is 14.2 Å². The number of nitrogens with one attached hydrogen (secondary N) is 1. The Kier molecular flexibility index (Phi) is 8.26. The second-order valence-corrected chi connectivity index (χ2v) is 7.53. The third-order valence-electron chi connectivity index (χ3n) is 4.75. The van der Waals surface area contributed by atoms with Crippen molar-refractivity contribution in [1.82, 2.24) is 5.32 Å². The summed E-state index contributed by atoms with van der Waals surface area (Å²) in [4.78, 5) is 0. The van der Waals surface area contributed by atoms with Crippen LogP contribution in [0.15, 0.2) is 60.7 Å². The third-order valence-corrected chi connectivity index (χ3v) is 5.46. The van der Waals surface area contributed by atoms with Gasteiger partial charge in [-0.2, -0.15) is 0 Å². The average molecular weight is 446 g/mol. The summed E-state index contributed by atoms with van der Waals surface area (Å²) < 4.78 is 16.8. The van der Waals surface area contributed by atoms with Gasteiger partial charge in [0.2, 0.25) is 0 Å². The smallest absolute Gasteiger partial charge is 0.161 e. The maximum atomic E-state index is 6.22. The predicted octanol–water partition coefficient (Wildman–Crippen LogP) is 5.92. The van der Waals surface area contributed by atoms with E-state index in [0.29, 0.717) is 21.5 Å². The molecule has 0 aliphatic carbocycles. The average Bonchev–Trinajstić information content (AvgIpc) is 2.77. The van der Waals surface area contributed by atoms with E-state index >= 15 is 0 Å². The first-order chi connectivity index (χ1) is 14.6. The molecule has 30 heavy (non-hydrogen) atoms. The Morgan fingerprint density at radius 2 is 1.53 bits per heavy atom. The molecule has 0 saturated heterocycles. The molecule has 3 rings (SSSR count). The topological polar surface area (TPSA) is 39.7 Å². The summed E-state index contributed by atoms with van der Waals surface area (Å²) in [6, 6.07) is 19.4. The van der Waals surface area contributed by atoms with Gasteiger partial charge in [0.25, 0.3) is 0 Å². The molecule has 0 fully saturated rings. The number of rotatable bonds is 10. The molecular formula is C24H25Cl2NO3. The van der Waals surface area contributed by atoms with Gasteiger partial charge >= 0.3 is 0 Å². The fraction of sp³-hybridized carbons (Fsp3) is 0.250. The molecule has 0 atom stereocenters. The van der Waals surface area contributed by atoms with E-state index in [0.717, 1.165) is 36.4 Å². The van der Waals surface area contributed by atoms with Gasteiger partial charge in [-0.15, -0.1) is 0 Å². The van der Waals surface area contributed by atoms with Crippen LogP contribution in [0, 0.1) is 0 Å². The Labute approximate surface area is 187 Å². The number of hydrogen-bond acceptors (Lipinski definition) is 4. The van der Waals surface area contributed by atoms with E-state index in [1.54, 1.807) is 26.4 Å². The summed E-state index contributed by atoms with van der Waals surface area (Å²) in [6.45, 7) is 1.83. The molecule has 0 aliphatic heterocycles. The van der Waals surface area contributed by atoms with Crippen molar-refractivity contribution in [3.63, 3.8) is 0 Å². The summed E-state index contributed by atoms with van der Waals surface area (Å²) in [5.41, 5.74) is 3.05. The molecule has 0 bridgehead atoms. The highest BCUT2D eigenvalue weighted by molar-refractivity contribution is 6.35. The maximum Gasteiger partial charge on any atom is 0.161 e. The summed E-state index contributed by atoms with van der Waals surface area (Å²) in [5.74, 6) is 2.23. The van der Waals surface area contributed by atoms with Crippen molar-refractivity contribution in [2.45, 2.75) is 19.6 Å². The van der Waals surface area contributed by atoms with Gasteiger partial charge in [-0.05, 0) is 54.4 Å². The molecule has 0 radical (unpaired) electrons. The first-order valence-corrected chi connectivity index (χ1v) is 10.4. The maximum absolute atomic E-state index is 6.22. The van der Waals surface area contributed by atoms with Crippen LogP contribution in [-0.2, 0) is 19.6 Å². The molecular weight excluding hydrogens is 421 g/mol. The fourth-order valence-electron chi connectivity index (χ4n) is 3.13. The second-order valence-electron chi connectivity index (χ2n) is 6.71. The SMILES string of the molecule is COc1ccccc1CCNCc1ccc(OCc2c(Cl)cccc2Cl)c(OC)c1. The van der Waals surface area contributed by atoms with Crippen molar-refractivity contribution in [3.05, 3.63) is 87.4 Å². The second kappa shape index (κ2) is 11.1. The van der Waals surface area contributed by atoms with E-state index in [9.17, 15) is 0 Å². The molecule has 6 heteroatoms. The molecule has 0 aliphatic rings. The van der Waals surface area contributed by atoms with Gasteiger partial charge in [-0.25, -0.2) is 0 Å². The number of para-hydroxylation sites is 1. The molecule has 0 amide bonds. The number of hydrogen-bond donors (Lipinski definition) is 1. The third kappa shape index (κ3) is 5.82. The zero-order chi connectivity index (χ0) is 21.3. The lowest BCUT2D eigenvalue weighted by atomic mass is 10.1. The highest BCUT2D eigenvalue weighted by Crippen LogP contribution is 2.31. The van der Waals surface area contributed by atoms with E-state index in [1.165, 1.54) is 5.56 Å². The lowest BCUT2D eigenvalue weighted by Crippen LogP contribution is -2.17. The van der Waals surface area contributed by atoms with Crippen LogP contribution in [0.25, 0.3) is 0 Å². The lowest BCUT2D eigenvalue weighted by Gasteiger charge is -2.14. The molecule has 0 saturated carbocycles. The Bertz CT molecular complexity index is 958. The van der Waals surface area contributed by atoms with E-state index in [-0.39, 0.29) is 6.61 Å². The monoisotopic (exact) mass is 445 g/mol. The molecule has 158 valence electrons. The van der Waals surface area contributed by atoms with Crippen LogP contribution in [-0.4, -0.2) is 20.8 Å². The van der Waals surface area contributed by atoms with Crippen LogP contribution in [0.2, 0.25) is 10.0 Å². The molecule has 0 aromatic heterocycles. The number of benzene rings is 3. The summed E-state index contributed by atoms with van der Waals surface area (Å²) in [7, 11) is 3.32. The normalized spacial score (nSPS) is 10.7. The van der Waals surface area contributed by atoms with E-state index < -0.39 is 0 Å². The Morgan fingerprint density at radius 1 is 0.800 bits per heavy atom. The van der Waals surface area contributed by atoms with Gasteiger partial charge in [-0.1, -0.05) is 53.5 Å². The van der Waals surface area contributed by atoms with Crippen LogP contribution >= 0.6 is 23.2 Å². The largest absolute Gasteiger partial charge is 0.496 e. The van der Waals surface area contributed by atoms with Crippen LogP contribution in [0.3, 0.4) is 0 Å². The van der Waals surface area contributed by atoms with E-state index in [1.807, 2.05) is 42.5 Å². The molecule has 0 heterocycles. The highest BCUT2D eigenvalue weighted by atomic mass is 35.5. The fourth-order valence-corrected chi connectivity index (χ4v) is 3.63. The molecule has 0 unspecified atom stereocenters. The van der Waals surface area contributed by atoms with Gasteiger partial charge in [0, 0.05) is 22.2 Å². The van der Waals surface area contributed by atoms with Crippen molar-refractivity contribution in [2.24, 2.45) is 0 Å². The van der Waals surface area contributed by atoms with E-state index in [4.69, 9.17) is 37.4 Å². The lowest BCUT2D eigenvalue weighted by molar-refractivity contribution is 0.284. The number of methoxy groups -OCH3 is 2. The quantitative estimate of drug-likeness (QED) is 0.393. The van der Waals surface area contributed by atoms with Gasteiger partial charge in [0.1, 0.15) is 12.4 Å². The first-order valence-electron chi connectivity index (χ1n) is 9.67. The van der Waals surface area contributed by atoms with E-state index in [2.05, 4.69) is 11.4 Å². The van der Waals surface area contributed by atoms with Crippen LogP contribution in [0.4, 0.5) is 0 Å². The minimum absolute atomic E-state index is 0.269. The molecule has 3 aromatic rings.